The van der Waals surface area contributed by atoms with Gasteiger partial charge in [-0.25, -0.2) is 9.37 Å². The highest BCUT2D eigenvalue weighted by molar-refractivity contribution is 6.40. The average molecular weight is 262 g/mol. The van der Waals surface area contributed by atoms with Gasteiger partial charge in [0, 0.05) is 16.8 Å². The Morgan fingerprint density at radius 1 is 1.17 bits per heavy atom. The Balaban J connectivity index is 2.52. The lowest BCUT2D eigenvalue weighted by Gasteiger charge is -2.08. The zero-order chi connectivity index (χ0) is 12.7. The molecule has 4 heteroatoms. The second kappa shape index (κ2) is 4.10. The minimum absolute atomic E-state index is 0.333. The second-order valence-electron chi connectivity index (χ2n) is 3.94. The van der Waals surface area contributed by atoms with Crippen LogP contribution in [0.25, 0.3) is 21.8 Å². The van der Waals surface area contributed by atoms with Crippen LogP contribution in [-0.4, -0.2) is 12.1 Å². The molecule has 1 aromatic heterocycles. The maximum absolute atomic E-state index is 13.2. The van der Waals surface area contributed by atoms with Crippen molar-refractivity contribution >= 4 is 33.4 Å². The maximum Gasteiger partial charge on any atom is 0.145 e. The topological polar surface area (TPSA) is 22.1 Å². The van der Waals surface area contributed by atoms with E-state index in [9.17, 15) is 4.39 Å². The highest BCUT2D eigenvalue weighted by atomic mass is 35.5. The largest absolute Gasteiger partial charge is 0.494 e. The van der Waals surface area contributed by atoms with Crippen molar-refractivity contribution in [1.29, 1.82) is 0 Å². The lowest BCUT2D eigenvalue weighted by molar-refractivity contribution is 0.419. The van der Waals surface area contributed by atoms with E-state index < -0.39 is 0 Å². The molecule has 2 nitrogen and oxygen atoms in total. The smallest absolute Gasteiger partial charge is 0.145 e. The van der Waals surface area contributed by atoms with Crippen molar-refractivity contribution in [2.75, 3.05) is 7.11 Å². The number of nitrogens with zero attached hydrogens (tertiary/aromatic N) is 1. The molecule has 0 bridgehead atoms. The number of fused-ring (bicyclic) bond motifs is 2. The van der Waals surface area contributed by atoms with Crippen molar-refractivity contribution in [1.82, 2.24) is 4.98 Å². The third-order valence-corrected chi connectivity index (χ3v) is 3.29. The van der Waals surface area contributed by atoms with Crippen molar-refractivity contribution < 1.29 is 9.13 Å². The number of hydrogen-bond acceptors (Lipinski definition) is 2. The number of methoxy groups -OCH3 is 1. The zero-order valence-electron chi connectivity index (χ0n) is 9.58. The first kappa shape index (κ1) is 11.2. The van der Waals surface area contributed by atoms with Crippen LogP contribution in [-0.2, 0) is 0 Å². The monoisotopic (exact) mass is 261 g/mol. The standard InChI is InChI=1S/C14H9ClFNO/c1-18-12-4-2-3-10-13(15)9-6-5-8(16)7-11(9)17-14(10)12/h2-7H,1H3. The lowest BCUT2D eigenvalue weighted by atomic mass is 10.1. The molecule has 0 spiro atoms. The van der Waals surface area contributed by atoms with Crippen molar-refractivity contribution in [3.63, 3.8) is 0 Å². The first-order chi connectivity index (χ1) is 8.70. The van der Waals surface area contributed by atoms with Gasteiger partial charge in [0.2, 0.25) is 0 Å². The van der Waals surface area contributed by atoms with Crippen LogP contribution in [0.15, 0.2) is 36.4 Å². The first-order valence-corrected chi connectivity index (χ1v) is 5.80. The molecule has 0 saturated heterocycles. The van der Waals surface area contributed by atoms with Gasteiger partial charge in [0.05, 0.1) is 17.6 Å². The average Bonchev–Trinajstić information content (AvgIpc) is 2.38. The molecule has 0 radical (unpaired) electrons. The normalized spacial score (nSPS) is 11.1. The summed E-state index contributed by atoms with van der Waals surface area (Å²) in [6.45, 7) is 0. The van der Waals surface area contributed by atoms with Crippen molar-refractivity contribution in [3.05, 3.63) is 47.2 Å². The number of halogens is 2. The molecule has 0 aliphatic heterocycles. The molecule has 2 aromatic carbocycles. The van der Waals surface area contributed by atoms with Crippen LogP contribution in [0.1, 0.15) is 0 Å². The van der Waals surface area contributed by atoms with Gasteiger partial charge < -0.3 is 4.74 Å². The van der Waals surface area contributed by atoms with Crippen LogP contribution in [0.3, 0.4) is 0 Å². The predicted octanol–water partition coefficient (Wildman–Crippen LogP) is 4.19. The minimum Gasteiger partial charge on any atom is -0.494 e. The van der Waals surface area contributed by atoms with Crippen molar-refractivity contribution in [3.8, 4) is 5.75 Å². The Labute approximate surface area is 108 Å². The highest BCUT2D eigenvalue weighted by Gasteiger charge is 2.11. The molecule has 18 heavy (non-hydrogen) atoms. The van der Waals surface area contributed by atoms with Crippen LogP contribution in [0, 0.1) is 5.82 Å². The highest BCUT2D eigenvalue weighted by Crippen LogP contribution is 2.34. The van der Waals surface area contributed by atoms with E-state index in [1.165, 1.54) is 12.1 Å². The SMILES string of the molecule is COc1cccc2c(Cl)c3ccc(F)cc3nc12. The molecule has 0 aliphatic rings. The predicted molar refractivity (Wildman–Crippen MR) is 70.8 cm³/mol. The molecule has 0 fully saturated rings. The summed E-state index contributed by atoms with van der Waals surface area (Å²) in [7, 11) is 1.57. The summed E-state index contributed by atoms with van der Waals surface area (Å²) in [5.41, 5.74) is 1.17. The van der Waals surface area contributed by atoms with Gasteiger partial charge in [0.15, 0.2) is 0 Å². The summed E-state index contributed by atoms with van der Waals surface area (Å²) in [6.07, 6.45) is 0. The van der Waals surface area contributed by atoms with Gasteiger partial charge in [-0.2, -0.15) is 0 Å². The van der Waals surface area contributed by atoms with E-state index in [2.05, 4.69) is 4.98 Å². The Kier molecular flexibility index (Phi) is 2.56. The van der Waals surface area contributed by atoms with Crippen LogP contribution in [0.4, 0.5) is 4.39 Å². The van der Waals surface area contributed by atoms with E-state index in [-0.39, 0.29) is 5.82 Å². The van der Waals surface area contributed by atoms with Gasteiger partial charge in [-0.3, -0.25) is 0 Å². The quantitative estimate of drug-likeness (QED) is 0.613. The fourth-order valence-electron chi connectivity index (χ4n) is 2.03. The third-order valence-electron chi connectivity index (χ3n) is 2.88. The Morgan fingerprint density at radius 2 is 2.00 bits per heavy atom. The summed E-state index contributed by atoms with van der Waals surface area (Å²) < 4.78 is 18.5. The van der Waals surface area contributed by atoms with Crippen molar-refractivity contribution in [2.45, 2.75) is 0 Å². The van der Waals surface area contributed by atoms with Crippen LogP contribution < -0.4 is 4.74 Å². The maximum atomic E-state index is 13.2. The molecular formula is C14H9ClFNO. The van der Waals surface area contributed by atoms with E-state index in [0.29, 0.717) is 21.8 Å². The Morgan fingerprint density at radius 3 is 2.78 bits per heavy atom. The molecule has 0 N–H and O–H groups in total. The molecule has 1 heterocycles. The van der Waals surface area contributed by atoms with E-state index in [0.717, 1.165) is 10.8 Å². The molecule has 0 aliphatic carbocycles. The van der Waals surface area contributed by atoms with E-state index >= 15 is 0 Å². The number of pyridine rings is 1. The van der Waals surface area contributed by atoms with Gasteiger partial charge in [-0.15, -0.1) is 0 Å². The molecule has 3 aromatic rings. The molecular weight excluding hydrogens is 253 g/mol. The van der Waals surface area contributed by atoms with Gasteiger partial charge in [0.25, 0.3) is 0 Å². The number of para-hydroxylation sites is 1. The second-order valence-corrected chi connectivity index (χ2v) is 4.32. The molecule has 3 rings (SSSR count). The van der Waals surface area contributed by atoms with E-state index in [1.807, 2.05) is 12.1 Å². The number of hydrogen-bond donors (Lipinski definition) is 0. The summed E-state index contributed by atoms with van der Waals surface area (Å²) in [6, 6.07) is 9.91. The minimum atomic E-state index is -0.333. The molecule has 0 atom stereocenters. The summed E-state index contributed by atoms with van der Waals surface area (Å²) in [5, 5.41) is 2.10. The first-order valence-electron chi connectivity index (χ1n) is 5.42. The van der Waals surface area contributed by atoms with Gasteiger partial charge in [0.1, 0.15) is 17.1 Å². The number of aromatic nitrogens is 1. The number of ether oxygens (including phenoxy) is 1. The Bertz CT molecular complexity index is 757. The fourth-order valence-corrected chi connectivity index (χ4v) is 2.34. The summed E-state index contributed by atoms with van der Waals surface area (Å²) >= 11 is 6.34. The molecule has 90 valence electrons. The van der Waals surface area contributed by atoms with E-state index in [1.54, 1.807) is 19.2 Å². The zero-order valence-corrected chi connectivity index (χ0v) is 10.3. The van der Waals surface area contributed by atoms with Crippen molar-refractivity contribution in [2.24, 2.45) is 0 Å². The van der Waals surface area contributed by atoms with Crippen LogP contribution >= 0.6 is 11.6 Å². The third kappa shape index (κ3) is 1.59. The number of benzene rings is 2. The van der Waals surface area contributed by atoms with Gasteiger partial charge in [-0.05, 0) is 18.2 Å². The van der Waals surface area contributed by atoms with E-state index in [4.69, 9.17) is 16.3 Å². The fraction of sp³-hybridized carbons (Fsp3) is 0.0714. The lowest BCUT2D eigenvalue weighted by Crippen LogP contribution is -1.90. The summed E-state index contributed by atoms with van der Waals surface area (Å²) in [4.78, 5) is 4.42. The molecule has 0 saturated carbocycles. The number of rotatable bonds is 1. The van der Waals surface area contributed by atoms with Crippen LogP contribution in [0.2, 0.25) is 5.02 Å². The summed E-state index contributed by atoms with van der Waals surface area (Å²) in [5.74, 6) is 0.292. The van der Waals surface area contributed by atoms with Crippen LogP contribution in [0.5, 0.6) is 5.75 Å². The van der Waals surface area contributed by atoms with Gasteiger partial charge in [-0.1, -0.05) is 23.7 Å². The van der Waals surface area contributed by atoms with Gasteiger partial charge >= 0.3 is 0 Å². The molecule has 0 amide bonds. The Hall–Kier alpha value is -1.87. The molecule has 0 unspecified atom stereocenters.